The van der Waals surface area contributed by atoms with Gasteiger partial charge >= 0.3 is 0 Å². The normalized spacial score (nSPS) is 11.5. The number of anilines is 1. The van der Waals surface area contributed by atoms with Crippen molar-refractivity contribution in [2.75, 3.05) is 19.5 Å². The number of ether oxygens (including phenoxy) is 2. The number of benzene rings is 2. The zero-order valence-electron chi connectivity index (χ0n) is 21.5. The van der Waals surface area contributed by atoms with Crippen LogP contribution in [0.5, 0.6) is 17.4 Å². The Labute approximate surface area is 223 Å². The fourth-order valence-electron chi connectivity index (χ4n) is 3.99. The molecule has 0 fully saturated rings. The number of nitriles is 1. The second-order valence-corrected chi connectivity index (χ2v) is 9.73. The molecular formula is C27H26N6O4S. The molecule has 0 aliphatic heterocycles. The van der Waals surface area contributed by atoms with Gasteiger partial charge < -0.3 is 19.3 Å². The van der Waals surface area contributed by atoms with Crippen LogP contribution in [-0.4, -0.2) is 39.4 Å². The number of hydrogen-bond donors (Lipinski definition) is 2. The number of methoxy groups -OCH3 is 1. The van der Waals surface area contributed by atoms with E-state index in [4.69, 9.17) is 9.47 Å². The lowest BCUT2D eigenvalue weighted by molar-refractivity contribution is 0.102. The molecule has 11 heteroatoms. The van der Waals surface area contributed by atoms with Crippen LogP contribution in [0.2, 0.25) is 0 Å². The Hall–Kier alpha value is -4.37. The molecule has 2 N–H and O–H groups in total. The summed E-state index contributed by atoms with van der Waals surface area (Å²) in [6, 6.07) is 13.5. The second-order valence-electron chi connectivity index (χ2n) is 8.31. The van der Waals surface area contributed by atoms with Gasteiger partial charge in [-0.25, -0.2) is 4.98 Å². The number of amides is 1. The van der Waals surface area contributed by atoms with Gasteiger partial charge in [-0.2, -0.15) is 10.4 Å². The largest absolute Gasteiger partial charge is 0.593 e. The Bertz CT molecular complexity index is 1550. The monoisotopic (exact) mass is 530 g/mol. The highest BCUT2D eigenvalue weighted by Crippen LogP contribution is 2.37. The van der Waals surface area contributed by atoms with Crippen LogP contribution < -0.4 is 19.5 Å². The molecule has 10 nitrogen and oxygen atoms in total. The van der Waals surface area contributed by atoms with Gasteiger partial charge in [-0.05, 0) is 43.7 Å². The van der Waals surface area contributed by atoms with E-state index in [1.165, 1.54) is 7.11 Å². The quantitative estimate of drug-likeness (QED) is 0.322. The molecule has 2 heterocycles. The van der Waals surface area contributed by atoms with Crippen molar-refractivity contribution in [3.8, 4) is 34.6 Å². The summed E-state index contributed by atoms with van der Waals surface area (Å²) in [5.74, 6) is 0.213. The predicted octanol–water partition coefficient (Wildman–Crippen LogP) is 4.27. The van der Waals surface area contributed by atoms with Crippen molar-refractivity contribution in [1.29, 1.82) is 5.26 Å². The van der Waals surface area contributed by atoms with Crippen molar-refractivity contribution in [3.05, 3.63) is 77.2 Å². The van der Waals surface area contributed by atoms with Crippen molar-refractivity contribution in [1.82, 2.24) is 19.5 Å². The van der Waals surface area contributed by atoms with E-state index in [0.29, 0.717) is 33.2 Å². The fourth-order valence-corrected chi connectivity index (χ4v) is 4.66. The number of pyridine rings is 1. The van der Waals surface area contributed by atoms with Gasteiger partial charge in [0.1, 0.15) is 5.56 Å². The molecule has 4 aromatic rings. The van der Waals surface area contributed by atoms with Crippen LogP contribution in [0, 0.1) is 25.2 Å². The van der Waals surface area contributed by atoms with Gasteiger partial charge in [0.15, 0.2) is 16.4 Å². The van der Waals surface area contributed by atoms with E-state index in [1.54, 1.807) is 60.4 Å². The lowest BCUT2D eigenvalue weighted by atomic mass is 9.99. The predicted molar refractivity (Wildman–Crippen MR) is 144 cm³/mol. The van der Waals surface area contributed by atoms with Crippen molar-refractivity contribution in [3.63, 3.8) is 0 Å². The molecule has 194 valence electrons. The Kier molecular flexibility index (Phi) is 7.97. The van der Waals surface area contributed by atoms with E-state index < -0.39 is 17.3 Å². The van der Waals surface area contributed by atoms with E-state index in [2.05, 4.69) is 26.2 Å². The molecule has 0 radical (unpaired) electrons. The Morgan fingerprint density at radius 1 is 1.16 bits per heavy atom. The third-order valence-electron chi connectivity index (χ3n) is 5.83. The van der Waals surface area contributed by atoms with E-state index in [1.807, 2.05) is 27.1 Å². The van der Waals surface area contributed by atoms with Crippen molar-refractivity contribution in [2.45, 2.75) is 18.7 Å². The summed E-state index contributed by atoms with van der Waals surface area (Å²) in [6.45, 7) is 3.70. The minimum absolute atomic E-state index is 0.0586. The third-order valence-corrected chi connectivity index (χ3v) is 6.88. The topological polar surface area (TPSA) is 137 Å². The van der Waals surface area contributed by atoms with Gasteiger partial charge in [0.05, 0.1) is 35.8 Å². The minimum Gasteiger partial charge on any atom is -0.593 e. The number of aryl methyl sites for hydroxylation is 2. The number of nitrogens with one attached hydrogen (secondary N) is 2. The standard InChI is InChI=1S/C27H26N6O4S/c1-16-21(22-15-33(4)32-17(22)2)14-30-27(37-23-10-9-18(13-28)11-24(23)36-5)25(16)26(34)31-19-7-6-8-20(12-19)38(35)29-3/h6-12,14-15,29H,1-5H3,(H,31,34)/t38-/m1/s1. The Morgan fingerprint density at radius 2 is 1.95 bits per heavy atom. The first-order chi connectivity index (χ1) is 18.2. The maximum atomic E-state index is 13.7. The average molecular weight is 531 g/mol. The summed E-state index contributed by atoms with van der Waals surface area (Å²) < 4.78 is 28.1. The molecule has 2 aromatic carbocycles. The number of hydrogen-bond acceptors (Lipinski definition) is 8. The first kappa shape index (κ1) is 26.7. The van der Waals surface area contributed by atoms with Crippen LogP contribution in [0.3, 0.4) is 0 Å². The summed E-state index contributed by atoms with van der Waals surface area (Å²) in [6.07, 6.45) is 3.50. The molecule has 1 amide bonds. The average Bonchev–Trinajstić information content (AvgIpc) is 3.25. The molecule has 4 rings (SSSR count). The zero-order valence-corrected chi connectivity index (χ0v) is 22.3. The molecule has 0 unspecified atom stereocenters. The van der Waals surface area contributed by atoms with Crippen LogP contribution in [-0.2, 0) is 18.4 Å². The smallest absolute Gasteiger partial charge is 0.261 e. The van der Waals surface area contributed by atoms with E-state index >= 15 is 0 Å². The van der Waals surface area contributed by atoms with E-state index in [0.717, 1.165) is 16.8 Å². The molecule has 0 saturated carbocycles. The summed E-state index contributed by atoms with van der Waals surface area (Å²) in [5.41, 5.74) is 4.04. The summed E-state index contributed by atoms with van der Waals surface area (Å²) >= 11 is -1.42. The lowest BCUT2D eigenvalue weighted by Gasteiger charge is -2.17. The molecule has 38 heavy (non-hydrogen) atoms. The molecule has 1 atom stereocenters. The third kappa shape index (κ3) is 5.47. The van der Waals surface area contributed by atoms with Crippen LogP contribution in [0.4, 0.5) is 5.69 Å². The van der Waals surface area contributed by atoms with Gasteiger partial charge in [0, 0.05) is 55.4 Å². The van der Waals surface area contributed by atoms with Crippen LogP contribution >= 0.6 is 0 Å². The highest BCUT2D eigenvalue weighted by atomic mass is 32.2. The van der Waals surface area contributed by atoms with Crippen LogP contribution in [0.1, 0.15) is 27.2 Å². The number of rotatable bonds is 8. The van der Waals surface area contributed by atoms with E-state index in [9.17, 15) is 14.6 Å². The summed E-state index contributed by atoms with van der Waals surface area (Å²) in [7, 11) is 4.87. The maximum absolute atomic E-state index is 13.7. The number of nitrogens with zero attached hydrogens (tertiary/aromatic N) is 4. The first-order valence-electron chi connectivity index (χ1n) is 11.5. The van der Waals surface area contributed by atoms with Crippen molar-refractivity contribution < 1.29 is 18.8 Å². The Morgan fingerprint density at radius 3 is 2.61 bits per heavy atom. The molecule has 0 saturated heterocycles. The van der Waals surface area contributed by atoms with Gasteiger partial charge in [0.2, 0.25) is 5.88 Å². The van der Waals surface area contributed by atoms with E-state index in [-0.39, 0.29) is 11.4 Å². The Balaban J connectivity index is 1.80. The van der Waals surface area contributed by atoms with Crippen molar-refractivity contribution >= 4 is 23.0 Å². The summed E-state index contributed by atoms with van der Waals surface area (Å²) in [5, 5.41) is 16.5. The highest BCUT2D eigenvalue weighted by Gasteiger charge is 2.24. The molecule has 0 spiro atoms. The maximum Gasteiger partial charge on any atom is 0.261 e. The summed E-state index contributed by atoms with van der Waals surface area (Å²) in [4.78, 5) is 18.7. The minimum atomic E-state index is -1.42. The fraction of sp³-hybridized carbons (Fsp3) is 0.185. The van der Waals surface area contributed by atoms with Crippen LogP contribution in [0.15, 0.2) is 59.8 Å². The molecule has 2 aromatic heterocycles. The SMILES string of the molecule is CN[S@+]([O-])c1cccc(NC(=O)c2c(Oc3ccc(C#N)cc3OC)ncc(-c3cn(C)nc3C)c2C)c1. The van der Waals surface area contributed by atoms with Gasteiger partial charge in [-0.1, -0.05) is 6.07 Å². The highest BCUT2D eigenvalue weighted by molar-refractivity contribution is 7.89. The lowest BCUT2D eigenvalue weighted by Crippen LogP contribution is -2.19. The van der Waals surface area contributed by atoms with Crippen LogP contribution in [0.25, 0.3) is 11.1 Å². The van der Waals surface area contributed by atoms with Gasteiger partial charge in [-0.15, -0.1) is 4.72 Å². The first-order valence-corrected chi connectivity index (χ1v) is 12.7. The molecular weight excluding hydrogens is 504 g/mol. The molecule has 0 aliphatic rings. The van der Waals surface area contributed by atoms with Crippen molar-refractivity contribution in [2.24, 2.45) is 7.05 Å². The zero-order chi connectivity index (χ0) is 27.4. The number of aromatic nitrogens is 3. The molecule has 0 bridgehead atoms. The number of carbonyl (C=O) groups excluding carboxylic acids is 1. The second kappa shape index (κ2) is 11.4. The molecule has 0 aliphatic carbocycles. The van der Waals surface area contributed by atoms with Gasteiger partial charge in [-0.3, -0.25) is 9.48 Å². The van der Waals surface area contributed by atoms with Gasteiger partial charge in [0.25, 0.3) is 5.91 Å². The number of carbonyl (C=O) groups is 1.